The summed E-state index contributed by atoms with van der Waals surface area (Å²) in [4.78, 5) is 2.40. The van der Waals surface area contributed by atoms with Gasteiger partial charge in [0.05, 0.1) is 0 Å². The lowest BCUT2D eigenvalue weighted by atomic mass is 10.0. The smallest absolute Gasteiger partial charge is 0.0446 e. The van der Waals surface area contributed by atoms with Crippen LogP contribution in [0.1, 0.15) is 27.2 Å². The molecule has 0 radical (unpaired) electrons. The second kappa shape index (κ2) is 6.76. The zero-order chi connectivity index (χ0) is 14.5. The fourth-order valence-electron chi connectivity index (χ4n) is 2.84. The topological polar surface area (TPSA) is 29.3 Å². The predicted molar refractivity (Wildman–Crippen MR) is 89.3 cm³/mol. The van der Waals surface area contributed by atoms with Crippen molar-refractivity contribution in [3.63, 3.8) is 0 Å². The van der Waals surface area contributed by atoms with Gasteiger partial charge in [0.1, 0.15) is 0 Å². The van der Waals surface area contributed by atoms with E-state index in [9.17, 15) is 0 Å². The summed E-state index contributed by atoms with van der Waals surface area (Å²) in [6.07, 6.45) is 1.07. The third-order valence-corrected chi connectivity index (χ3v) is 3.72. The van der Waals surface area contributed by atoms with Crippen molar-refractivity contribution in [2.45, 2.75) is 33.2 Å². The molecule has 0 aliphatic heterocycles. The van der Waals surface area contributed by atoms with Gasteiger partial charge in [0.2, 0.25) is 0 Å². The monoisotopic (exact) mass is 270 g/mol. The molecule has 2 aromatic carbocycles. The van der Waals surface area contributed by atoms with Gasteiger partial charge in [0.15, 0.2) is 0 Å². The van der Waals surface area contributed by atoms with E-state index in [1.807, 2.05) is 0 Å². The zero-order valence-corrected chi connectivity index (χ0v) is 12.8. The third kappa shape index (κ3) is 3.51. The molecule has 0 spiro atoms. The number of hydrogen-bond acceptors (Lipinski definition) is 2. The van der Waals surface area contributed by atoms with Crippen molar-refractivity contribution in [1.29, 1.82) is 0 Å². The molecule has 2 rings (SSSR count). The molecule has 0 bridgehead atoms. The van der Waals surface area contributed by atoms with Crippen molar-refractivity contribution >= 4 is 16.5 Å². The summed E-state index contributed by atoms with van der Waals surface area (Å²) in [6.45, 7) is 8.56. The Morgan fingerprint density at radius 1 is 1.05 bits per heavy atom. The van der Waals surface area contributed by atoms with Gasteiger partial charge >= 0.3 is 0 Å². The Morgan fingerprint density at radius 3 is 2.45 bits per heavy atom. The van der Waals surface area contributed by atoms with Gasteiger partial charge in [0.25, 0.3) is 0 Å². The van der Waals surface area contributed by atoms with Gasteiger partial charge < -0.3 is 10.6 Å². The standard InChI is InChI=1S/C18H26N2/c1-4-20(13-16(19)12-14(2)3)18-11-7-9-15-8-5-6-10-17(15)18/h5-11,14,16H,4,12-13,19H2,1-3H3. The molecule has 1 atom stereocenters. The molecule has 0 aromatic heterocycles. The Labute approximate surface area is 122 Å². The molecule has 2 N–H and O–H groups in total. The van der Waals surface area contributed by atoms with E-state index < -0.39 is 0 Å². The average molecular weight is 270 g/mol. The number of anilines is 1. The highest BCUT2D eigenvalue weighted by atomic mass is 15.1. The highest BCUT2D eigenvalue weighted by Crippen LogP contribution is 2.26. The summed E-state index contributed by atoms with van der Waals surface area (Å²) < 4.78 is 0. The average Bonchev–Trinajstić information content (AvgIpc) is 2.43. The van der Waals surface area contributed by atoms with Gasteiger partial charge in [-0.3, -0.25) is 0 Å². The molecule has 108 valence electrons. The molecule has 20 heavy (non-hydrogen) atoms. The van der Waals surface area contributed by atoms with Crippen molar-refractivity contribution in [3.05, 3.63) is 42.5 Å². The molecule has 2 heteroatoms. The molecule has 0 fully saturated rings. The predicted octanol–water partition coefficient (Wildman–Crippen LogP) is 4.04. The quantitative estimate of drug-likeness (QED) is 0.858. The van der Waals surface area contributed by atoms with E-state index in [2.05, 4.69) is 68.1 Å². The van der Waals surface area contributed by atoms with Crippen LogP contribution in [0.2, 0.25) is 0 Å². The van der Waals surface area contributed by atoms with Gasteiger partial charge in [-0.05, 0) is 30.7 Å². The summed E-state index contributed by atoms with van der Waals surface area (Å²) >= 11 is 0. The van der Waals surface area contributed by atoms with Gasteiger partial charge in [-0.2, -0.15) is 0 Å². The van der Waals surface area contributed by atoms with Crippen molar-refractivity contribution in [2.75, 3.05) is 18.0 Å². The summed E-state index contributed by atoms with van der Waals surface area (Å²) in [5, 5.41) is 2.61. The first kappa shape index (κ1) is 14.9. The van der Waals surface area contributed by atoms with E-state index in [0.29, 0.717) is 5.92 Å². The van der Waals surface area contributed by atoms with Crippen LogP contribution in [0.15, 0.2) is 42.5 Å². The van der Waals surface area contributed by atoms with E-state index in [1.54, 1.807) is 0 Å². The Kier molecular flexibility index (Phi) is 5.02. The number of fused-ring (bicyclic) bond motifs is 1. The largest absolute Gasteiger partial charge is 0.370 e. The fourth-order valence-corrected chi connectivity index (χ4v) is 2.84. The van der Waals surface area contributed by atoms with E-state index in [0.717, 1.165) is 19.5 Å². The summed E-state index contributed by atoms with van der Waals surface area (Å²) in [6, 6.07) is 15.3. The van der Waals surface area contributed by atoms with E-state index in [1.165, 1.54) is 16.5 Å². The van der Waals surface area contributed by atoms with E-state index in [-0.39, 0.29) is 6.04 Å². The molecule has 0 heterocycles. The summed E-state index contributed by atoms with van der Waals surface area (Å²) in [7, 11) is 0. The molecular formula is C18H26N2. The minimum atomic E-state index is 0.230. The molecule has 2 aromatic rings. The number of nitrogens with two attached hydrogens (primary N) is 1. The van der Waals surface area contributed by atoms with Crippen LogP contribution < -0.4 is 10.6 Å². The zero-order valence-electron chi connectivity index (χ0n) is 12.8. The number of rotatable bonds is 6. The van der Waals surface area contributed by atoms with Crippen LogP contribution in [-0.4, -0.2) is 19.1 Å². The molecule has 1 unspecified atom stereocenters. The van der Waals surface area contributed by atoms with Crippen molar-refractivity contribution in [2.24, 2.45) is 11.7 Å². The fraction of sp³-hybridized carbons (Fsp3) is 0.444. The maximum atomic E-state index is 6.29. The van der Waals surface area contributed by atoms with Crippen molar-refractivity contribution < 1.29 is 0 Å². The van der Waals surface area contributed by atoms with E-state index >= 15 is 0 Å². The lowest BCUT2D eigenvalue weighted by Crippen LogP contribution is -2.38. The van der Waals surface area contributed by atoms with Gasteiger partial charge in [-0.15, -0.1) is 0 Å². The number of hydrogen-bond donors (Lipinski definition) is 1. The second-order valence-electron chi connectivity index (χ2n) is 5.93. The van der Waals surface area contributed by atoms with Crippen LogP contribution >= 0.6 is 0 Å². The first-order valence-corrected chi connectivity index (χ1v) is 7.60. The second-order valence-corrected chi connectivity index (χ2v) is 5.93. The van der Waals surface area contributed by atoms with Crippen LogP contribution in [0.25, 0.3) is 10.8 Å². The van der Waals surface area contributed by atoms with Crippen LogP contribution in [0.5, 0.6) is 0 Å². The first-order chi connectivity index (χ1) is 9.61. The summed E-state index contributed by atoms with van der Waals surface area (Å²) in [5.74, 6) is 0.649. The third-order valence-electron chi connectivity index (χ3n) is 3.72. The number of nitrogens with zero attached hydrogens (tertiary/aromatic N) is 1. The van der Waals surface area contributed by atoms with E-state index in [4.69, 9.17) is 5.73 Å². The van der Waals surface area contributed by atoms with Crippen molar-refractivity contribution in [1.82, 2.24) is 0 Å². The normalized spacial score (nSPS) is 12.8. The Balaban J connectivity index is 2.25. The highest BCUT2D eigenvalue weighted by Gasteiger charge is 2.13. The molecule has 0 saturated carbocycles. The highest BCUT2D eigenvalue weighted by molar-refractivity contribution is 5.94. The van der Waals surface area contributed by atoms with Crippen LogP contribution in [0, 0.1) is 5.92 Å². The van der Waals surface area contributed by atoms with Crippen molar-refractivity contribution in [3.8, 4) is 0 Å². The Bertz CT molecular complexity index is 543. The Hall–Kier alpha value is -1.54. The SMILES string of the molecule is CCN(CC(N)CC(C)C)c1cccc2ccccc12. The summed E-state index contributed by atoms with van der Waals surface area (Å²) in [5.41, 5.74) is 7.59. The lowest BCUT2D eigenvalue weighted by molar-refractivity contribution is 0.491. The maximum Gasteiger partial charge on any atom is 0.0446 e. The molecule has 0 aliphatic carbocycles. The van der Waals surface area contributed by atoms with Crippen LogP contribution in [0.4, 0.5) is 5.69 Å². The van der Waals surface area contributed by atoms with Crippen LogP contribution in [0.3, 0.4) is 0 Å². The number of likely N-dealkylation sites (N-methyl/N-ethyl adjacent to an activating group) is 1. The molecule has 0 aliphatic rings. The first-order valence-electron chi connectivity index (χ1n) is 7.60. The molecular weight excluding hydrogens is 244 g/mol. The van der Waals surface area contributed by atoms with Gasteiger partial charge in [0, 0.05) is 30.2 Å². The minimum Gasteiger partial charge on any atom is -0.370 e. The number of benzene rings is 2. The molecule has 0 amide bonds. The van der Waals surface area contributed by atoms with Gasteiger partial charge in [-0.1, -0.05) is 50.2 Å². The minimum absolute atomic E-state index is 0.230. The Morgan fingerprint density at radius 2 is 1.75 bits per heavy atom. The molecule has 0 saturated heterocycles. The molecule has 2 nitrogen and oxygen atoms in total. The lowest BCUT2D eigenvalue weighted by Gasteiger charge is -2.28. The van der Waals surface area contributed by atoms with Crippen LogP contribution in [-0.2, 0) is 0 Å². The maximum absolute atomic E-state index is 6.29. The van der Waals surface area contributed by atoms with Gasteiger partial charge in [-0.25, -0.2) is 0 Å².